The molecule has 0 bridgehead atoms. The molecular formula is C13H16N2O4. The third kappa shape index (κ3) is 3.08. The van der Waals surface area contributed by atoms with E-state index in [0.717, 1.165) is 0 Å². The number of aliphatic hydroxyl groups excluding tert-OH is 1. The third-order valence-electron chi connectivity index (χ3n) is 3.27. The van der Waals surface area contributed by atoms with E-state index in [1.165, 1.54) is 12.1 Å². The number of nitro benzene ring substituents is 1. The minimum atomic E-state index is -0.496. The lowest BCUT2D eigenvalue weighted by atomic mass is 10.0. The average Bonchev–Trinajstić information content (AvgIpc) is 2.38. The highest BCUT2D eigenvalue weighted by Crippen LogP contribution is 2.20. The van der Waals surface area contributed by atoms with Crippen LogP contribution >= 0.6 is 0 Å². The van der Waals surface area contributed by atoms with Crippen molar-refractivity contribution in [3.8, 4) is 0 Å². The Hall–Kier alpha value is -1.95. The Morgan fingerprint density at radius 3 is 2.58 bits per heavy atom. The minimum absolute atomic E-state index is 0.0691. The van der Waals surface area contributed by atoms with Gasteiger partial charge in [0.15, 0.2) is 0 Å². The highest BCUT2D eigenvalue weighted by Gasteiger charge is 2.23. The van der Waals surface area contributed by atoms with Crippen molar-refractivity contribution in [2.45, 2.75) is 25.9 Å². The second-order valence-corrected chi connectivity index (χ2v) is 4.84. The van der Waals surface area contributed by atoms with Crippen LogP contribution in [0.2, 0.25) is 0 Å². The number of aliphatic hydroxyl groups is 1. The second kappa shape index (κ2) is 5.36. The van der Waals surface area contributed by atoms with Crippen LogP contribution in [0.4, 0.5) is 5.69 Å². The van der Waals surface area contributed by atoms with Gasteiger partial charge in [0.2, 0.25) is 0 Å². The fraction of sp³-hybridized carbons (Fsp3) is 0.462. The molecule has 0 saturated carbocycles. The summed E-state index contributed by atoms with van der Waals surface area (Å²) in [6.07, 6.45) is 0.759. The molecule has 19 heavy (non-hydrogen) atoms. The van der Waals surface area contributed by atoms with Crippen LogP contribution in [0.3, 0.4) is 0 Å². The summed E-state index contributed by atoms with van der Waals surface area (Å²) in [5.41, 5.74) is 0.957. The van der Waals surface area contributed by atoms with E-state index in [9.17, 15) is 20.0 Å². The lowest BCUT2D eigenvalue weighted by Crippen LogP contribution is -2.40. The number of aryl methyl sites for hydroxylation is 1. The van der Waals surface area contributed by atoms with E-state index >= 15 is 0 Å². The van der Waals surface area contributed by atoms with E-state index in [1.807, 2.05) is 0 Å². The maximum Gasteiger partial charge on any atom is 0.270 e. The smallest absolute Gasteiger partial charge is 0.270 e. The Bertz CT molecular complexity index is 507. The minimum Gasteiger partial charge on any atom is -0.393 e. The molecule has 0 unspecified atom stereocenters. The number of carbonyl (C=O) groups is 1. The molecular weight excluding hydrogens is 248 g/mol. The first-order chi connectivity index (χ1) is 8.97. The van der Waals surface area contributed by atoms with Crippen molar-refractivity contribution in [1.82, 2.24) is 4.90 Å². The summed E-state index contributed by atoms with van der Waals surface area (Å²) >= 11 is 0. The molecule has 1 aromatic rings. The quantitative estimate of drug-likeness (QED) is 0.648. The molecule has 0 atom stereocenters. The topological polar surface area (TPSA) is 83.7 Å². The van der Waals surface area contributed by atoms with Gasteiger partial charge in [-0.3, -0.25) is 14.9 Å². The molecule has 1 N–H and O–H groups in total. The molecule has 1 aliphatic heterocycles. The first-order valence-corrected chi connectivity index (χ1v) is 6.21. The van der Waals surface area contributed by atoms with Gasteiger partial charge >= 0.3 is 0 Å². The lowest BCUT2D eigenvalue weighted by Gasteiger charge is -2.29. The standard InChI is InChI=1S/C13H16N2O4/c1-9-6-10(8-11(7-9)15(18)19)13(17)14-4-2-12(16)3-5-14/h6-8,12,16H,2-5H2,1H3. The highest BCUT2D eigenvalue weighted by molar-refractivity contribution is 5.95. The molecule has 2 rings (SSSR count). The number of non-ortho nitro benzene ring substituents is 1. The number of nitrogens with zero attached hydrogens (tertiary/aromatic N) is 2. The Morgan fingerprint density at radius 2 is 2.00 bits per heavy atom. The largest absolute Gasteiger partial charge is 0.393 e. The summed E-state index contributed by atoms with van der Waals surface area (Å²) in [7, 11) is 0. The number of benzene rings is 1. The van der Waals surface area contributed by atoms with Crippen LogP contribution in [0, 0.1) is 17.0 Å². The Kier molecular flexibility index (Phi) is 3.80. The monoisotopic (exact) mass is 264 g/mol. The second-order valence-electron chi connectivity index (χ2n) is 4.84. The SMILES string of the molecule is Cc1cc(C(=O)N2CCC(O)CC2)cc([N+](=O)[O-])c1. The number of nitro groups is 1. The number of rotatable bonds is 2. The lowest BCUT2D eigenvalue weighted by molar-refractivity contribution is -0.384. The summed E-state index contributed by atoms with van der Waals surface area (Å²) < 4.78 is 0. The Labute approximate surface area is 110 Å². The third-order valence-corrected chi connectivity index (χ3v) is 3.27. The van der Waals surface area contributed by atoms with Crippen molar-refractivity contribution in [3.63, 3.8) is 0 Å². The molecule has 0 aliphatic carbocycles. The van der Waals surface area contributed by atoms with Gasteiger partial charge in [-0.05, 0) is 31.4 Å². The summed E-state index contributed by atoms with van der Waals surface area (Å²) in [6, 6.07) is 4.40. The Morgan fingerprint density at radius 1 is 1.37 bits per heavy atom. The normalized spacial score (nSPS) is 16.4. The van der Waals surface area contributed by atoms with Crippen LogP contribution in [-0.4, -0.2) is 40.0 Å². The molecule has 1 fully saturated rings. The number of hydrogen-bond donors (Lipinski definition) is 1. The molecule has 1 heterocycles. The van der Waals surface area contributed by atoms with Crippen LogP contribution in [0.25, 0.3) is 0 Å². The van der Waals surface area contributed by atoms with Gasteiger partial charge in [0.05, 0.1) is 11.0 Å². The number of likely N-dealkylation sites (tertiary alicyclic amines) is 1. The highest BCUT2D eigenvalue weighted by atomic mass is 16.6. The van der Waals surface area contributed by atoms with Gasteiger partial charge in [0.1, 0.15) is 0 Å². The Balaban J connectivity index is 2.21. The van der Waals surface area contributed by atoms with Crippen molar-refractivity contribution in [3.05, 3.63) is 39.4 Å². The van der Waals surface area contributed by atoms with E-state index in [4.69, 9.17) is 0 Å². The maximum atomic E-state index is 12.3. The molecule has 0 radical (unpaired) electrons. The summed E-state index contributed by atoms with van der Waals surface area (Å²) in [5.74, 6) is -0.210. The fourth-order valence-corrected chi connectivity index (χ4v) is 2.24. The molecule has 6 nitrogen and oxygen atoms in total. The van der Waals surface area contributed by atoms with Gasteiger partial charge in [0.25, 0.3) is 11.6 Å². The molecule has 6 heteroatoms. The van der Waals surface area contributed by atoms with Crippen LogP contribution < -0.4 is 0 Å². The first-order valence-electron chi connectivity index (χ1n) is 6.21. The average molecular weight is 264 g/mol. The predicted octanol–water partition coefficient (Wildman–Crippen LogP) is 1.50. The van der Waals surface area contributed by atoms with Gasteiger partial charge in [-0.1, -0.05) is 0 Å². The van der Waals surface area contributed by atoms with Gasteiger partial charge in [-0.15, -0.1) is 0 Å². The van der Waals surface area contributed by atoms with Gasteiger partial charge < -0.3 is 10.0 Å². The van der Waals surface area contributed by atoms with Crippen LogP contribution in [-0.2, 0) is 0 Å². The zero-order chi connectivity index (χ0) is 14.0. The van der Waals surface area contributed by atoms with E-state index in [1.54, 1.807) is 17.9 Å². The fourth-order valence-electron chi connectivity index (χ4n) is 2.24. The van der Waals surface area contributed by atoms with Crippen LogP contribution in [0.5, 0.6) is 0 Å². The predicted molar refractivity (Wildman–Crippen MR) is 69.0 cm³/mol. The number of piperidine rings is 1. The molecule has 1 aromatic carbocycles. The van der Waals surface area contributed by atoms with E-state index < -0.39 is 4.92 Å². The van der Waals surface area contributed by atoms with E-state index in [0.29, 0.717) is 37.1 Å². The van der Waals surface area contributed by atoms with Gasteiger partial charge in [0, 0.05) is 30.8 Å². The van der Waals surface area contributed by atoms with Gasteiger partial charge in [-0.25, -0.2) is 0 Å². The summed E-state index contributed by atoms with van der Waals surface area (Å²) in [4.78, 5) is 24.2. The number of hydrogen-bond acceptors (Lipinski definition) is 4. The molecule has 0 aromatic heterocycles. The maximum absolute atomic E-state index is 12.3. The molecule has 0 spiro atoms. The van der Waals surface area contributed by atoms with Gasteiger partial charge in [-0.2, -0.15) is 0 Å². The van der Waals surface area contributed by atoms with Crippen molar-refractivity contribution < 1.29 is 14.8 Å². The summed E-state index contributed by atoms with van der Waals surface area (Å²) in [5, 5.41) is 20.2. The van der Waals surface area contributed by atoms with E-state index in [-0.39, 0.29) is 17.7 Å². The molecule has 1 saturated heterocycles. The molecule has 102 valence electrons. The number of carbonyl (C=O) groups excluding carboxylic acids is 1. The zero-order valence-corrected chi connectivity index (χ0v) is 10.7. The van der Waals surface area contributed by atoms with Crippen molar-refractivity contribution >= 4 is 11.6 Å². The molecule has 1 amide bonds. The number of amides is 1. The van der Waals surface area contributed by atoms with E-state index in [2.05, 4.69) is 0 Å². The van der Waals surface area contributed by atoms with Crippen molar-refractivity contribution in [1.29, 1.82) is 0 Å². The van der Waals surface area contributed by atoms with Crippen LogP contribution in [0.15, 0.2) is 18.2 Å². The first kappa shape index (κ1) is 13.5. The van der Waals surface area contributed by atoms with Crippen molar-refractivity contribution in [2.24, 2.45) is 0 Å². The summed E-state index contributed by atoms with van der Waals surface area (Å²) in [6.45, 7) is 2.70. The zero-order valence-electron chi connectivity index (χ0n) is 10.7. The van der Waals surface area contributed by atoms with Crippen LogP contribution in [0.1, 0.15) is 28.8 Å². The van der Waals surface area contributed by atoms with Crippen molar-refractivity contribution in [2.75, 3.05) is 13.1 Å². The molecule has 1 aliphatic rings.